The van der Waals surface area contributed by atoms with E-state index in [0.717, 1.165) is 22.8 Å². The number of thioether (sulfide) groups is 1. The Hall–Kier alpha value is -3.39. The summed E-state index contributed by atoms with van der Waals surface area (Å²) in [5.41, 5.74) is 4.80. The number of nitrogens with zero attached hydrogens (tertiary/aromatic N) is 4. The number of fused-ring (bicyclic) bond motifs is 2. The molecule has 5 rings (SSSR count). The van der Waals surface area contributed by atoms with Gasteiger partial charge in [-0.15, -0.1) is 5.10 Å². The second-order valence-electron chi connectivity index (χ2n) is 8.15. The summed E-state index contributed by atoms with van der Waals surface area (Å²) in [5, 5.41) is 5.18. The van der Waals surface area contributed by atoms with E-state index in [0.29, 0.717) is 35.1 Å². The number of carbonyl (C=O) groups excluding carboxylic acids is 1. The molecule has 4 aromatic rings. The van der Waals surface area contributed by atoms with Crippen LogP contribution in [0.5, 0.6) is 11.5 Å². The van der Waals surface area contributed by atoms with E-state index in [1.54, 1.807) is 36.7 Å². The van der Waals surface area contributed by atoms with Crippen LogP contribution >= 0.6 is 11.8 Å². The molecule has 2 aromatic heterocycles. The first-order chi connectivity index (χ1) is 16.0. The van der Waals surface area contributed by atoms with Gasteiger partial charge in [0.1, 0.15) is 11.5 Å². The van der Waals surface area contributed by atoms with Crippen LogP contribution in [0.25, 0.3) is 5.78 Å². The van der Waals surface area contributed by atoms with Gasteiger partial charge in [0.15, 0.2) is 5.78 Å². The van der Waals surface area contributed by atoms with E-state index >= 15 is 0 Å². The highest BCUT2D eigenvalue weighted by atomic mass is 32.2. The predicted molar refractivity (Wildman–Crippen MR) is 126 cm³/mol. The highest BCUT2D eigenvalue weighted by Crippen LogP contribution is 2.38. The summed E-state index contributed by atoms with van der Waals surface area (Å²) >= 11 is 1.56. The van der Waals surface area contributed by atoms with Crippen LogP contribution in [0.15, 0.2) is 53.8 Å². The lowest BCUT2D eigenvalue weighted by Crippen LogP contribution is -2.21. The number of methoxy groups -OCH3 is 2. The van der Waals surface area contributed by atoms with Gasteiger partial charge in [-0.2, -0.15) is 4.98 Å². The minimum absolute atomic E-state index is 0.0147. The maximum atomic E-state index is 13.0. The van der Waals surface area contributed by atoms with Gasteiger partial charge < -0.3 is 9.47 Å². The number of carbonyl (C=O) groups is 1. The second-order valence-corrected chi connectivity index (χ2v) is 9.09. The SMILES string of the molecule is COc1ccc(C2CC(=O)c3cn4nc(SCc5ccc(C)cc5)nc4nc3C2)c(OC)c1. The van der Waals surface area contributed by atoms with Gasteiger partial charge in [0, 0.05) is 30.4 Å². The van der Waals surface area contributed by atoms with Crippen LogP contribution in [0.4, 0.5) is 0 Å². The molecule has 0 saturated carbocycles. The zero-order valence-electron chi connectivity index (χ0n) is 18.7. The highest BCUT2D eigenvalue weighted by Gasteiger charge is 2.30. The van der Waals surface area contributed by atoms with E-state index < -0.39 is 0 Å². The number of aryl methyl sites for hydroxylation is 1. The molecule has 0 saturated heterocycles. The van der Waals surface area contributed by atoms with Crippen molar-refractivity contribution in [3.05, 3.63) is 76.6 Å². The molecule has 1 unspecified atom stereocenters. The van der Waals surface area contributed by atoms with Crippen LogP contribution in [-0.2, 0) is 12.2 Å². The molecule has 1 aliphatic rings. The molecular formula is C25H24N4O3S. The summed E-state index contributed by atoms with van der Waals surface area (Å²) in [5.74, 6) is 2.76. The summed E-state index contributed by atoms with van der Waals surface area (Å²) in [4.78, 5) is 22.3. The largest absolute Gasteiger partial charge is 0.497 e. The normalized spacial score (nSPS) is 15.5. The zero-order chi connectivity index (χ0) is 22.9. The van der Waals surface area contributed by atoms with E-state index in [1.165, 1.54) is 11.1 Å². The number of ether oxygens (including phenoxy) is 2. The van der Waals surface area contributed by atoms with Gasteiger partial charge >= 0.3 is 0 Å². The summed E-state index contributed by atoms with van der Waals surface area (Å²) in [6.45, 7) is 2.07. The molecule has 2 aromatic carbocycles. The fourth-order valence-electron chi connectivity index (χ4n) is 4.13. The third kappa shape index (κ3) is 4.30. The lowest BCUT2D eigenvalue weighted by Gasteiger charge is -2.24. The number of aromatic nitrogens is 4. The van der Waals surface area contributed by atoms with Crippen molar-refractivity contribution in [3.8, 4) is 11.5 Å². The Labute approximate surface area is 196 Å². The van der Waals surface area contributed by atoms with E-state index in [1.807, 2.05) is 18.2 Å². The minimum atomic E-state index is -0.0147. The number of hydrogen-bond donors (Lipinski definition) is 0. The molecule has 0 amide bonds. The molecule has 8 heteroatoms. The molecule has 0 bridgehead atoms. The Morgan fingerprint density at radius 2 is 1.88 bits per heavy atom. The molecule has 7 nitrogen and oxygen atoms in total. The quantitative estimate of drug-likeness (QED) is 0.387. The molecule has 0 N–H and O–H groups in total. The van der Waals surface area contributed by atoms with Gasteiger partial charge in [0.25, 0.3) is 5.78 Å². The Morgan fingerprint density at radius 3 is 2.64 bits per heavy atom. The van der Waals surface area contributed by atoms with Crippen LogP contribution in [0, 0.1) is 6.92 Å². The molecule has 33 heavy (non-hydrogen) atoms. The molecule has 1 atom stereocenters. The summed E-state index contributed by atoms with van der Waals surface area (Å²) in [7, 11) is 3.25. The highest BCUT2D eigenvalue weighted by molar-refractivity contribution is 7.98. The van der Waals surface area contributed by atoms with Gasteiger partial charge in [-0.05, 0) is 30.5 Å². The fourth-order valence-corrected chi connectivity index (χ4v) is 4.91. The third-order valence-electron chi connectivity index (χ3n) is 5.93. The lowest BCUT2D eigenvalue weighted by atomic mass is 9.82. The number of ketones is 1. The number of hydrogen-bond acceptors (Lipinski definition) is 7. The van der Waals surface area contributed by atoms with Gasteiger partial charge in [-0.1, -0.05) is 47.7 Å². The van der Waals surface area contributed by atoms with E-state index in [4.69, 9.17) is 14.5 Å². The molecule has 0 aliphatic heterocycles. The topological polar surface area (TPSA) is 78.6 Å². The Kier molecular flexibility index (Phi) is 5.76. The molecule has 0 spiro atoms. The van der Waals surface area contributed by atoms with Crippen LogP contribution in [0.2, 0.25) is 0 Å². The second kappa shape index (κ2) is 8.86. The predicted octanol–water partition coefficient (Wildman–Crippen LogP) is 4.65. The maximum absolute atomic E-state index is 13.0. The number of rotatable bonds is 6. The molecule has 1 aliphatic carbocycles. The van der Waals surface area contributed by atoms with Crippen molar-refractivity contribution < 1.29 is 14.3 Å². The number of benzene rings is 2. The van der Waals surface area contributed by atoms with Crippen LogP contribution < -0.4 is 9.47 Å². The molecule has 168 valence electrons. The van der Waals surface area contributed by atoms with Gasteiger partial charge in [0.05, 0.1) is 25.5 Å². The van der Waals surface area contributed by atoms with Crippen LogP contribution in [0.3, 0.4) is 0 Å². The van der Waals surface area contributed by atoms with Gasteiger partial charge in [0.2, 0.25) is 5.16 Å². The van der Waals surface area contributed by atoms with Gasteiger partial charge in [-0.25, -0.2) is 9.50 Å². The fraction of sp³-hybridized carbons (Fsp3) is 0.280. The zero-order valence-corrected chi connectivity index (χ0v) is 19.6. The van der Waals surface area contributed by atoms with Crippen molar-refractivity contribution in [1.29, 1.82) is 0 Å². The molecule has 0 radical (unpaired) electrons. The lowest BCUT2D eigenvalue weighted by molar-refractivity contribution is 0.0962. The summed E-state index contributed by atoms with van der Waals surface area (Å²) < 4.78 is 12.5. The van der Waals surface area contributed by atoms with Crippen molar-refractivity contribution in [2.24, 2.45) is 0 Å². The van der Waals surface area contributed by atoms with Crippen LogP contribution in [-0.4, -0.2) is 39.6 Å². The Balaban J connectivity index is 1.40. The Morgan fingerprint density at radius 1 is 1.06 bits per heavy atom. The van der Waals surface area contributed by atoms with E-state index in [2.05, 4.69) is 41.3 Å². The summed E-state index contributed by atoms with van der Waals surface area (Å²) in [6, 6.07) is 14.1. The monoisotopic (exact) mass is 460 g/mol. The van der Waals surface area contributed by atoms with E-state index in [9.17, 15) is 4.79 Å². The van der Waals surface area contributed by atoms with Crippen molar-refractivity contribution in [2.75, 3.05) is 14.2 Å². The first kappa shape index (κ1) is 21.5. The minimum Gasteiger partial charge on any atom is -0.497 e. The van der Waals surface area contributed by atoms with Crippen LogP contribution in [0.1, 0.15) is 45.1 Å². The standard InChI is InChI=1S/C25H24N4O3S/c1-15-4-6-16(7-5-15)14-33-25-27-24-26-21-10-17(11-22(30)20(21)13-29(24)28-25)19-9-8-18(31-2)12-23(19)32-3/h4-9,12-13,17H,10-11,14H2,1-3H3. The van der Waals surface area contributed by atoms with Crippen molar-refractivity contribution in [1.82, 2.24) is 19.6 Å². The smallest absolute Gasteiger partial charge is 0.253 e. The molecule has 2 heterocycles. The first-order valence-electron chi connectivity index (χ1n) is 10.7. The van der Waals surface area contributed by atoms with Crippen molar-refractivity contribution in [2.45, 2.75) is 36.6 Å². The summed E-state index contributed by atoms with van der Waals surface area (Å²) in [6.07, 6.45) is 2.80. The van der Waals surface area contributed by atoms with Crippen molar-refractivity contribution in [3.63, 3.8) is 0 Å². The number of Topliss-reactive ketones (excluding diaryl/α,β-unsaturated/α-hetero) is 1. The average Bonchev–Trinajstić information content (AvgIpc) is 3.23. The van der Waals surface area contributed by atoms with E-state index in [-0.39, 0.29) is 11.7 Å². The van der Waals surface area contributed by atoms with Gasteiger partial charge in [-0.3, -0.25) is 4.79 Å². The third-order valence-corrected chi connectivity index (χ3v) is 6.84. The van der Waals surface area contributed by atoms with Crippen molar-refractivity contribution >= 4 is 23.3 Å². The average molecular weight is 461 g/mol. The molecule has 0 fully saturated rings. The Bertz CT molecular complexity index is 1330. The maximum Gasteiger partial charge on any atom is 0.253 e. The first-order valence-corrected chi connectivity index (χ1v) is 11.7. The molecular weight excluding hydrogens is 436 g/mol.